The van der Waals surface area contributed by atoms with Crippen molar-refractivity contribution in [3.63, 3.8) is 0 Å². The van der Waals surface area contributed by atoms with Crippen LogP contribution in [0.5, 0.6) is 11.5 Å². The first-order chi connectivity index (χ1) is 20.4. The fourth-order valence-electron chi connectivity index (χ4n) is 5.63. The zero-order chi connectivity index (χ0) is 30.9. The van der Waals surface area contributed by atoms with Gasteiger partial charge in [0.25, 0.3) is 0 Å². The van der Waals surface area contributed by atoms with Gasteiger partial charge in [0, 0.05) is 42.6 Å². The van der Waals surface area contributed by atoms with Crippen LogP contribution in [0.25, 0.3) is 0 Å². The first kappa shape index (κ1) is 30.5. The van der Waals surface area contributed by atoms with Crippen molar-refractivity contribution in [2.75, 3.05) is 43.1 Å². The summed E-state index contributed by atoms with van der Waals surface area (Å²) in [6.45, 7) is 12.1. The van der Waals surface area contributed by atoms with Crippen molar-refractivity contribution >= 4 is 35.0 Å². The van der Waals surface area contributed by atoms with Gasteiger partial charge in [0.1, 0.15) is 5.60 Å². The number of piperazine rings is 1. The number of nitrogens with zero attached hydrogens (tertiary/aromatic N) is 3. The van der Waals surface area contributed by atoms with Crippen LogP contribution in [0, 0.1) is 0 Å². The Balaban J connectivity index is 1.43. The van der Waals surface area contributed by atoms with Gasteiger partial charge >= 0.3 is 6.09 Å². The molecule has 0 saturated carbocycles. The van der Waals surface area contributed by atoms with E-state index in [9.17, 15) is 9.59 Å². The lowest BCUT2D eigenvalue weighted by Gasteiger charge is -2.39. The monoisotopic (exact) mass is 605 g/mol. The van der Waals surface area contributed by atoms with Crippen LogP contribution >= 0.6 is 11.6 Å². The molecule has 0 N–H and O–H groups in total. The Labute approximate surface area is 259 Å². The first-order valence-corrected chi connectivity index (χ1v) is 15.1. The minimum Gasteiger partial charge on any atom is -0.493 e. The Hall–Kier alpha value is -3.91. The molecule has 5 rings (SSSR count). The van der Waals surface area contributed by atoms with Gasteiger partial charge in [-0.25, -0.2) is 4.79 Å². The predicted octanol–water partition coefficient (Wildman–Crippen LogP) is 6.87. The highest BCUT2D eigenvalue weighted by molar-refractivity contribution is 6.30. The molecular weight excluding hydrogens is 566 g/mol. The molecule has 3 aromatic rings. The third-order valence-electron chi connectivity index (χ3n) is 7.56. The highest BCUT2D eigenvalue weighted by atomic mass is 35.5. The zero-order valence-corrected chi connectivity index (χ0v) is 26.5. The second-order valence-corrected chi connectivity index (χ2v) is 12.7. The molecule has 0 radical (unpaired) electrons. The molecule has 1 unspecified atom stereocenters. The summed E-state index contributed by atoms with van der Waals surface area (Å²) in [4.78, 5) is 32.2. The van der Waals surface area contributed by atoms with Gasteiger partial charge in [-0.1, -0.05) is 23.7 Å². The number of methoxy groups -OCH3 is 1. The number of amides is 2. The molecule has 2 aliphatic heterocycles. The molecule has 2 aliphatic rings. The number of halogens is 1. The number of carbonyl (C=O) groups is 2. The molecule has 228 valence electrons. The number of ether oxygens (including phenoxy) is 3. The van der Waals surface area contributed by atoms with E-state index in [1.165, 1.54) is 0 Å². The van der Waals surface area contributed by atoms with Crippen molar-refractivity contribution in [2.45, 2.75) is 58.8 Å². The van der Waals surface area contributed by atoms with Crippen molar-refractivity contribution in [1.29, 1.82) is 0 Å². The topological polar surface area (TPSA) is 71.6 Å². The van der Waals surface area contributed by atoms with E-state index in [1.54, 1.807) is 12.0 Å². The molecule has 0 aliphatic carbocycles. The fourth-order valence-corrected chi connectivity index (χ4v) is 5.75. The normalized spacial score (nSPS) is 17.2. The molecule has 2 amide bonds. The summed E-state index contributed by atoms with van der Waals surface area (Å²) in [6.07, 6.45) is -0.0773. The van der Waals surface area contributed by atoms with E-state index in [1.807, 2.05) is 100 Å². The number of rotatable bonds is 6. The van der Waals surface area contributed by atoms with E-state index in [4.69, 9.17) is 25.8 Å². The average molecular weight is 606 g/mol. The van der Waals surface area contributed by atoms with Crippen LogP contribution in [0.2, 0.25) is 5.02 Å². The predicted molar refractivity (Wildman–Crippen MR) is 170 cm³/mol. The summed E-state index contributed by atoms with van der Waals surface area (Å²) in [7, 11) is 1.61. The Bertz CT molecular complexity index is 1460. The number of hydrogen-bond donors (Lipinski definition) is 0. The van der Waals surface area contributed by atoms with E-state index in [0.29, 0.717) is 42.7 Å². The van der Waals surface area contributed by atoms with Gasteiger partial charge in [-0.15, -0.1) is 0 Å². The number of benzene rings is 3. The van der Waals surface area contributed by atoms with E-state index in [2.05, 4.69) is 4.90 Å². The van der Waals surface area contributed by atoms with Gasteiger partial charge in [0.2, 0.25) is 5.91 Å². The minimum absolute atomic E-state index is 0.00856. The molecule has 1 fully saturated rings. The quantitative estimate of drug-likeness (QED) is 0.305. The SMILES string of the molecule is COc1cc2c(cc1OC(C)C)C(c1ccc(Cl)cc1)N(c1ccc(N3CCN(C(=O)OC(C)(C)C)CC3)cc1)C(=O)C2. The molecule has 3 aromatic carbocycles. The van der Waals surface area contributed by atoms with Gasteiger partial charge in [-0.05, 0) is 99.8 Å². The number of carbonyl (C=O) groups excluding carboxylic acids is 2. The van der Waals surface area contributed by atoms with Gasteiger partial charge in [-0.3, -0.25) is 4.79 Å². The molecule has 0 bridgehead atoms. The average Bonchev–Trinajstić information content (AvgIpc) is 2.96. The molecule has 8 nitrogen and oxygen atoms in total. The highest BCUT2D eigenvalue weighted by Gasteiger charge is 2.36. The summed E-state index contributed by atoms with van der Waals surface area (Å²) < 4.78 is 17.3. The van der Waals surface area contributed by atoms with Crippen molar-refractivity contribution in [3.05, 3.63) is 82.4 Å². The van der Waals surface area contributed by atoms with Crippen LogP contribution < -0.4 is 19.3 Å². The van der Waals surface area contributed by atoms with Crippen molar-refractivity contribution in [2.24, 2.45) is 0 Å². The molecule has 9 heteroatoms. The zero-order valence-electron chi connectivity index (χ0n) is 25.7. The highest BCUT2D eigenvalue weighted by Crippen LogP contribution is 2.44. The van der Waals surface area contributed by atoms with E-state index < -0.39 is 5.60 Å². The van der Waals surface area contributed by atoms with E-state index >= 15 is 0 Å². The fraction of sp³-hybridized carbons (Fsp3) is 0.412. The van der Waals surface area contributed by atoms with Crippen molar-refractivity contribution in [3.8, 4) is 11.5 Å². The third-order valence-corrected chi connectivity index (χ3v) is 7.81. The maximum Gasteiger partial charge on any atom is 0.410 e. The minimum atomic E-state index is -0.518. The van der Waals surface area contributed by atoms with Crippen LogP contribution in [-0.4, -0.2) is 61.9 Å². The van der Waals surface area contributed by atoms with Crippen molar-refractivity contribution in [1.82, 2.24) is 4.90 Å². The summed E-state index contributed by atoms with van der Waals surface area (Å²) in [5.74, 6) is 1.25. The summed E-state index contributed by atoms with van der Waals surface area (Å²) in [5, 5.41) is 0.632. The third kappa shape index (κ3) is 6.85. The maximum atomic E-state index is 13.8. The molecule has 2 heterocycles. The molecule has 1 saturated heterocycles. The lowest BCUT2D eigenvalue weighted by Crippen LogP contribution is -2.50. The van der Waals surface area contributed by atoms with Crippen LogP contribution in [-0.2, 0) is 16.0 Å². The molecule has 0 aromatic heterocycles. The van der Waals surface area contributed by atoms with Crippen LogP contribution in [0.1, 0.15) is 57.4 Å². The van der Waals surface area contributed by atoms with Gasteiger partial charge in [0.15, 0.2) is 11.5 Å². The Kier molecular flexibility index (Phi) is 8.79. The molecule has 1 atom stereocenters. The van der Waals surface area contributed by atoms with Crippen molar-refractivity contribution < 1.29 is 23.8 Å². The smallest absolute Gasteiger partial charge is 0.410 e. The Morgan fingerprint density at radius 2 is 1.53 bits per heavy atom. The second-order valence-electron chi connectivity index (χ2n) is 12.2. The van der Waals surface area contributed by atoms with Gasteiger partial charge in [-0.2, -0.15) is 0 Å². The lowest BCUT2D eigenvalue weighted by molar-refractivity contribution is -0.118. The number of anilines is 2. The Morgan fingerprint density at radius 3 is 2.12 bits per heavy atom. The standard InChI is InChI=1S/C34H40ClN3O5/c1-22(2)42-30-21-28-24(19-29(30)41-6)20-31(39)38(32(28)23-7-9-25(35)10-8-23)27-13-11-26(12-14-27)36-15-17-37(18-16-36)33(40)43-34(3,4)5/h7-14,19,21-22,32H,15-18,20H2,1-6H3. The van der Waals surface area contributed by atoms with E-state index in [0.717, 1.165) is 28.1 Å². The number of hydrogen-bond acceptors (Lipinski definition) is 6. The summed E-state index contributed by atoms with van der Waals surface area (Å²) >= 11 is 6.25. The van der Waals surface area contributed by atoms with Gasteiger partial charge in [0.05, 0.1) is 25.7 Å². The van der Waals surface area contributed by atoms with Crippen LogP contribution in [0.15, 0.2) is 60.7 Å². The second kappa shape index (κ2) is 12.4. The summed E-state index contributed by atoms with van der Waals surface area (Å²) in [6, 6.07) is 19.3. The summed E-state index contributed by atoms with van der Waals surface area (Å²) in [5.41, 5.74) is 4.16. The first-order valence-electron chi connectivity index (χ1n) is 14.7. The molecule has 0 spiro atoms. The Morgan fingerprint density at radius 1 is 0.907 bits per heavy atom. The van der Waals surface area contributed by atoms with E-state index in [-0.39, 0.29) is 30.6 Å². The van der Waals surface area contributed by atoms with Gasteiger partial charge < -0.3 is 28.9 Å². The number of fused-ring (bicyclic) bond motifs is 1. The maximum absolute atomic E-state index is 13.8. The molecule has 43 heavy (non-hydrogen) atoms. The molecular formula is C34H40ClN3O5. The largest absolute Gasteiger partial charge is 0.493 e. The van der Waals surface area contributed by atoms with Crippen LogP contribution in [0.4, 0.5) is 16.2 Å². The van der Waals surface area contributed by atoms with Crippen LogP contribution in [0.3, 0.4) is 0 Å². The lowest BCUT2D eigenvalue weighted by atomic mass is 9.86.